The maximum Gasteiger partial charge on any atom is 0.262 e. The average molecular weight is 489 g/mol. The summed E-state index contributed by atoms with van der Waals surface area (Å²) in [6.07, 6.45) is 6.76. The van der Waals surface area contributed by atoms with Crippen LogP contribution in [-0.2, 0) is 23.5 Å². The highest BCUT2D eigenvalue weighted by molar-refractivity contribution is 7.92. The van der Waals surface area contributed by atoms with E-state index >= 15 is 0 Å². The molecule has 1 aromatic carbocycles. The van der Waals surface area contributed by atoms with Crippen LogP contribution >= 0.6 is 0 Å². The van der Waals surface area contributed by atoms with Gasteiger partial charge in [-0.3, -0.25) is 9.62 Å². The van der Waals surface area contributed by atoms with Gasteiger partial charge in [0.15, 0.2) is 5.82 Å². The van der Waals surface area contributed by atoms with Crippen LogP contribution in [0.3, 0.4) is 0 Å². The summed E-state index contributed by atoms with van der Waals surface area (Å²) < 4.78 is 38.7. The molecular weight excluding hydrogens is 456 g/mol. The molecule has 1 fully saturated rings. The number of nitrogens with one attached hydrogen (secondary N) is 1. The predicted molar refractivity (Wildman–Crippen MR) is 133 cm³/mol. The van der Waals surface area contributed by atoms with Gasteiger partial charge in [-0.15, -0.1) is 0 Å². The largest absolute Gasteiger partial charge is 0.489 e. The molecule has 34 heavy (non-hydrogen) atoms. The second-order valence-electron chi connectivity index (χ2n) is 8.54. The topological polar surface area (TPSA) is 102 Å². The average Bonchev–Trinajstić information content (AvgIpc) is 3.12. The second-order valence-corrected chi connectivity index (χ2v) is 10.3. The van der Waals surface area contributed by atoms with E-state index in [2.05, 4.69) is 35.3 Å². The van der Waals surface area contributed by atoms with Gasteiger partial charge in [0.25, 0.3) is 5.88 Å². The van der Waals surface area contributed by atoms with Gasteiger partial charge in [0.2, 0.25) is 15.8 Å². The fourth-order valence-corrected chi connectivity index (χ4v) is 5.08. The van der Waals surface area contributed by atoms with E-state index in [-0.39, 0.29) is 0 Å². The molecule has 3 aromatic rings. The van der Waals surface area contributed by atoms with Crippen LogP contribution in [0.15, 0.2) is 30.7 Å². The summed E-state index contributed by atoms with van der Waals surface area (Å²) in [5.41, 5.74) is 2.92. The summed E-state index contributed by atoms with van der Waals surface area (Å²) in [4.78, 5) is 13.2. The first kappa shape index (κ1) is 24.1. The van der Waals surface area contributed by atoms with Gasteiger partial charge < -0.3 is 18.9 Å². The minimum Gasteiger partial charge on any atom is -0.489 e. The number of nitrogens with zero attached hydrogens (tertiary/aromatic N) is 5. The van der Waals surface area contributed by atoms with Crippen molar-refractivity contribution in [1.82, 2.24) is 19.4 Å². The molecule has 184 valence electrons. The second kappa shape index (κ2) is 10.1. The normalized spacial score (nSPS) is 15.0. The molecule has 1 aliphatic rings. The number of piperazine rings is 1. The number of rotatable bonds is 9. The number of ether oxygens (including phenoxy) is 2. The van der Waals surface area contributed by atoms with Gasteiger partial charge in [0.05, 0.1) is 20.5 Å². The molecule has 0 atom stereocenters. The van der Waals surface area contributed by atoms with Crippen LogP contribution in [0.25, 0.3) is 10.9 Å². The number of sulfonamides is 1. The van der Waals surface area contributed by atoms with Gasteiger partial charge in [-0.1, -0.05) is 0 Å². The Bertz CT molecular complexity index is 1250. The molecule has 2 aromatic heterocycles. The van der Waals surface area contributed by atoms with Crippen molar-refractivity contribution in [3.8, 4) is 11.6 Å². The minimum atomic E-state index is -3.31. The lowest BCUT2D eigenvalue weighted by atomic mass is 10.1. The van der Waals surface area contributed by atoms with E-state index < -0.39 is 10.0 Å². The van der Waals surface area contributed by atoms with Crippen molar-refractivity contribution in [1.29, 1.82) is 0 Å². The van der Waals surface area contributed by atoms with Crippen LogP contribution in [0.1, 0.15) is 12.0 Å². The van der Waals surface area contributed by atoms with Gasteiger partial charge in [-0.25, -0.2) is 13.4 Å². The molecule has 0 unspecified atom stereocenters. The van der Waals surface area contributed by atoms with Gasteiger partial charge in [-0.05, 0) is 43.1 Å². The standard InChI is InChI=1S/C23H32N6O4S/c1-27-15-17(19-14-18(7-8-20(19)27)26-34(4,30)31)6-5-9-28-10-12-29(13-11-28)22-21(32-2)23(33-3)25-16-24-22/h7-8,14-16,26H,5-6,9-13H2,1-4H3. The summed E-state index contributed by atoms with van der Waals surface area (Å²) in [6, 6.07) is 5.69. The van der Waals surface area contributed by atoms with Crippen molar-refractivity contribution in [2.75, 3.05) is 62.8 Å². The summed E-state index contributed by atoms with van der Waals surface area (Å²) in [5.74, 6) is 1.78. The number of aromatic nitrogens is 3. The molecule has 0 saturated carbocycles. The highest BCUT2D eigenvalue weighted by atomic mass is 32.2. The first-order chi connectivity index (χ1) is 16.3. The van der Waals surface area contributed by atoms with Crippen molar-refractivity contribution in [2.45, 2.75) is 12.8 Å². The molecular formula is C23H32N6O4S. The van der Waals surface area contributed by atoms with E-state index in [9.17, 15) is 8.42 Å². The van der Waals surface area contributed by atoms with E-state index in [0.717, 1.165) is 62.3 Å². The molecule has 4 rings (SSSR count). The van der Waals surface area contributed by atoms with E-state index in [1.54, 1.807) is 20.3 Å². The van der Waals surface area contributed by atoms with Crippen molar-refractivity contribution in [3.05, 3.63) is 36.3 Å². The molecule has 0 bridgehead atoms. The zero-order valence-electron chi connectivity index (χ0n) is 20.1. The molecule has 0 aliphatic carbocycles. The SMILES string of the molecule is COc1ncnc(N2CCN(CCCc3cn(C)c4ccc(NS(C)(=O)=O)cc34)CC2)c1OC. The molecule has 1 N–H and O–H groups in total. The highest BCUT2D eigenvalue weighted by Gasteiger charge is 2.23. The lowest BCUT2D eigenvalue weighted by molar-refractivity contribution is 0.253. The first-order valence-electron chi connectivity index (χ1n) is 11.2. The smallest absolute Gasteiger partial charge is 0.262 e. The summed E-state index contributed by atoms with van der Waals surface area (Å²) in [5, 5.41) is 1.09. The molecule has 3 heterocycles. The van der Waals surface area contributed by atoms with Gasteiger partial charge >= 0.3 is 0 Å². The fraction of sp³-hybridized carbons (Fsp3) is 0.478. The Morgan fingerprint density at radius 3 is 2.53 bits per heavy atom. The van der Waals surface area contributed by atoms with Gasteiger partial charge in [0, 0.05) is 56.0 Å². The minimum absolute atomic E-state index is 0.444. The zero-order chi connectivity index (χ0) is 24.3. The number of hydrogen-bond acceptors (Lipinski definition) is 8. The third kappa shape index (κ3) is 5.36. The van der Waals surface area contributed by atoms with Crippen LogP contribution < -0.4 is 19.1 Å². The van der Waals surface area contributed by atoms with Crippen LogP contribution in [0.4, 0.5) is 11.5 Å². The Kier molecular flexibility index (Phi) is 7.13. The third-order valence-corrected chi connectivity index (χ3v) is 6.72. The first-order valence-corrected chi connectivity index (χ1v) is 13.1. The Morgan fingerprint density at radius 2 is 1.85 bits per heavy atom. The lowest BCUT2D eigenvalue weighted by Crippen LogP contribution is -2.47. The molecule has 11 heteroatoms. The van der Waals surface area contributed by atoms with Gasteiger partial charge in [-0.2, -0.15) is 4.98 Å². The number of hydrogen-bond donors (Lipinski definition) is 1. The summed E-state index contributed by atoms with van der Waals surface area (Å²) in [7, 11) is 1.89. The molecule has 0 radical (unpaired) electrons. The zero-order valence-corrected chi connectivity index (χ0v) is 20.9. The summed E-state index contributed by atoms with van der Waals surface area (Å²) >= 11 is 0. The third-order valence-electron chi connectivity index (χ3n) is 6.12. The van der Waals surface area contributed by atoms with E-state index in [1.165, 1.54) is 18.1 Å². The summed E-state index contributed by atoms with van der Waals surface area (Å²) in [6.45, 7) is 4.58. The van der Waals surface area contributed by atoms with Gasteiger partial charge in [0.1, 0.15) is 6.33 Å². The molecule has 0 amide bonds. The Balaban J connectivity index is 1.35. The van der Waals surface area contributed by atoms with Crippen molar-refractivity contribution in [3.63, 3.8) is 0 Å². The molecule has 1 aliphatic heterocycles. The van der Waals surface area contributed by atoms with Crippen LogP contribution in [0, 0.1) is 0 Å². The number of benzene rings is 1. The predicted octanol–water partition coefficient (Wildman–Crippen LogP) is 2.11. The number of methoxy groups -OCH3 is 2. The Hall–Kier alpha value is -3.05. The monoisotopic (exact) mass is 488 g/mol. The molecule has 10 nitrogen and oxygen atoms in total. The Morgan fingerprint density at radius 1 is 1.09 bits per heavy atom. The van der Waals surface area contributed by atoms with E-state index in [1.807, 2.05) is 19.2 Å². The van der Waals surface area contributed by atoms with Crippen LogP contribution in [-0.4, -0.2) is 81.1 Å². The van der Waals surface area contributed by atoms with Crippen molar-refractivity contribution >= 4 is 32.4 Å². The lowest BCUT2D eigenvalue weighted by Gasteiger charge is -2.35. The number of aryl methyl sites for hydroxylation is 2. The van der Waals surface area contributed by atoms with E-state index in [4.69, 9.17) is 9.47 Å². The Labute approximate surface area is 200 Å². The van der Waals surface area contributed by atoms with Crippen molar-refractivity contribution < 1.29 is 17.9 Å². The number of anilines is 2. The highest BCUT2D eigenvalue weighted by Crippen LogP contribution is 2.33. The van der Waals surface area contributed by atoms with Crippen LogP contribution in [0.5, 0.6) is 11.6 Å². The maximum atomic E-state index is 11.6. The molecule has 0 spiro atoms. The number of fused-ring (bicyclic) bond motifs is 1. The van der Waals surface area contributed by atoms with Crippen LogP contribution in [0.2, 0.25) is 0 Å². The quantitative estimate of drug-likeness (QED) is 0.489. The van der Waals surface area contributed by atoms with Crippen molar-refractivity contribution in [2.24, 2.45) is 7.05 Å². The van der Waals surface area contributed by atoms with E-state index in [0.29, 0.717) is 17.3 Å². The molecule has 1 saturated heterocycles. The fourth-order valence-electron chi connectivity index (χ4n) is 4.52. The maximum absolute atomic E-state index is 11.6.